The molecule has 1 aromatic rings. The van der Waals surface area contributed by atoms with Gasteiger partial charge in [-0.3, -0.25) is 9.78 Å². The fraction of sp³-hybridized carbons (Fsp3) is 0.571. The van der Waals surface area contributed by atoms with Gasteiger partial charge in [-0.1, -0.05) is 6.92 Å². The van der Waals surface area contributed by atoms with Gasteiger partial charge >= 0.3 is 0 Å². The molecule has 2 atom stereocenters. The number of amides is 1. The zero-order chi connectivity index (χ0) is 13.3. The third kappa shape index (κ3) is 4.08. The Kier molecular flexibility index (Phi) is 7.49. The molecule has 0 radical (unpaired) electrons. The lowest BCUT2D eigenvalue weighted by atomic mass is 9.94. The maximum atomic E-state index is 12.4. The van der Waals surface area contributed by atoms with Gasteiger partial charge in [0.15, 0.2) is 0 Å². The second-order valence-electron chi connectivity index (χ2n) is 5.27. The van der Waals surface area contributed by atoms with Gasteiger partial charge in [0.2, 0.25) is 0 Å². The number of aromatic nitrogens is 1. The Morgan fingerprint density at radius 1 is 1.35 bits per heavy atom. The predicted octanol–water partition coefficient (Wildman–Crippen LogP) is 2.35. The van der Waals surface area contributed by atoms with Gasteiger partial charge in [-0.15, -0.1) is 24.8 Å². The molecule has 0 aromatic carbocycles. The molecule has 114 valence electrons. The number of aryl methyl sites for hydroxylation is 2. The van der Waals surface area contributed by atoms with Crippen LogP contribution in [-0.4, -0.2) is 34.9 Å². The quantitative estimate of drug-likeness (QED) is 0.864. The van der Waals surface area contributed by atoms with Gasteiger partial charge in [-0.25, -0.2) is 0 Å². The smallest absolute Gasteiger partial charge is 0.255 e. The molecule has 1 amide bonds. The minimum absolute atomic E-state index is 0. The maximum Gasteiger partial charge on any atom is 0.255 e. The van der Waals surface area contributed by atoms with Gasteiger partial charge in [0.25, 0.3) is 5.91 Å². The van der Waals surface area contributed by atoms with Crippen molar-refractivity contribution in [2.24, 2.45) is 11.7 Å². The van der Waals surface area contributed by atoms with Crippen LogP contribution in [0.5, 0.6) is 0 Å². The molecule has 0 saturated carbocycles. The first-order valence-electron chi connectivity index (χ1n) is 6.48. The Morgan fingerprint density at radius 2 is 2.00 bits per heavy atom. The summed E-state index contributed by atoms with van der Waals surface area (Å²) < 4.78 is 0. The molecule has 0 bridgehead atoms. The summed E-state index contributed by atoms with van der Waals surface area (Å²) in [7, 11) is 0. The highest BCUT2D eigenvalue weighted by atomic mass is 35.5. The number of carbonyl (C=O) groups excluding carboxylic acids is 1. The molecule has 1 aliphatic rings. The Bertz CT molecular complexity index is 468. The van der Waals surface area contributed by atoms with Crippen LogP contribution in [-0.2, 0) is 0 Å². The molecule has 0 spiro atoms. The minimum atomic E-state index is 0. The summed E-state index contributed by atoms with van der Waals surface area (Å²) in [6.45, 7) is 7.41. The number of hydrogen-bond acceptors (Lipinski definition) is 3. The number of nitrogens with two attached hydrogens (primary N) is 1. The highest BCUT2D eigenvalue weighted by Crippen LogP contribution is 2.18. The van der Waals surface area contributed by atoms with Crippen molar-refractivity contribution in [3.8, 4) is 0 Å². The summed E-state index contributed by atoms with van der Waals surface area (Å²) in [5, 5.41) is 0. The molecular weight excluding hydrogens is 297 g/mol. The van der Waals surface area contributed by atoms with E-state index in [1.54, 1.807) is 0 Å². The van der Waals surface area contributed by atoms with Crippen molar-refractivity contribution < 1.29 is 4.79 Å². The fourth-order valence-electron chi connectivity index (χ4n) is 2.43. The number of hydrogen-bond donors (Lipinski definition) is 1. The average Bonchev–Trinajstić information content (AvgIpc) is 2.32. The van der Waals surface area contributed by atoms with Gasteiger partial charge in [-0.2, -0.15) is 0 Å². The van der Waals surface area contributed by atoms with Crippen LogP contribution in [0, 0.1) is 19.8 Å². The molecule has 2 heterocycles. The number of piperidine rings is 1. The molecule has 2 rings (SSSR count). The van der Waals surface area contributed by atoms with Gasteiger partial charge in [0, 0.05) is 24.8 Å². The number of likely N-dealkylation sites (tertiary alicyclic amines) is 1. The van der Waals surface area contributed by atoms with Crippen LogP contribution in [0.3, 0.4) is 0 Å². The number of rotatable bonds is 1. The number of nitrogens with zero attached hydrogens (tertiary/aromatic N) is 2. The van der Waals surface area contributed by atoms with Gasteiger partial charge in [0.1, 0.15) is 0 Å². The molecule has 1 aliphatic heterocycles. The van der Waals surface area contributed by atoms with Crippen LogP contribution in [0.4, 0.5) is 0 Å². The zero-order valence-electron chi connectivity index (χ0n) is 12.1. The lowest BCUT2D eigenvalue weighted by Gasteiger charge is -2.35. The van der Waals surface area contributed by atoms with Crippen LogP contribution >= 0.6 is 24.8 Å². The average molecular weight is 320 g/mol. The zero-order valence-corrected chi connectivity index (χ0v) is 13.8. The first-order valence-corrected chi connectivity index (χ1v) is 6.48. The van der Waals surface area contributed by atoms with Crippen molar-refractivity contribution in [3.05, 3.63) is 29.1 Å². The summed E-state index contributed by atoms with van der Waals surface area (Å²) in [4.78, 5) is 18.7. The molecule has 6 heteroatoms. The van der Waals surface area contributed by atoms with E-state index in [4.69, 9.17) is 5.73 Å². The molecular formula is C14H23Cl2N3O. The van der Waals surface area contributed by atoms with E-state index in [2.05, 4.69) is 11.9 Å². The van der Waals surface area contributed by atoms with Crippen LogP contribution in [0.25, 0.3) is 0 Å². The van der Waals surface area contributed by atoms with Crippen molar-refractivity contribution in [2.75, 3.05) is 13.1 Å². The predicted molar refractivity (Wildman–Crippen MR) is 85.9 cm³/mol. The standard InChI is InChI=1S/C14H21N3O.2ClH/c1-9-8-17(7-6-13(9)15)14(18)12-5-4-10(2)16-11(12)3;;/h4-5,9,13H,6-8,15H2,1-3H3;2*1H. The molecule has 1 saturated heterocycles. The van der Waals surface area contributed by atoms with E-state index in [1.807, 2.05) is 30.9 Å². The molecule has 4 nitrogen and oxygen atoms in total. The molecule has 2 N–H and O–H groups in total. The number of halogens is 2. The SMILES string of the molecule is Cc1ccc(C(=O)N2CCC(N)C(C)C2)c(C)n1.Cl.Cl. The van der Waals surface area contributed by atoms with E-state index in [-0.39, 0.29) is 36.8 Å². The van der Waals surface area contributed by atoms with E-state index >= 15 is 0 Å². The Morgan fingerprint density at radius 3 is 2.55 bits per heavy atom. The van der Waals surface area contributed by atoms with Gasteiger partial charge in [-0.05, 0) is 38.3 Å². The number of carbonyl (C=O) groups is 1. The molecule has 20 heavy (non-hydrogen) atoms. The second kappa shape index (κ2) is 7.81. The summed E-state index contributed by atoms with van der Waals surface area (Å²) >= 11 is 0. The van der Waals surface area contributed by atoms with Crippen molar-refractivity contribution in [1.29, 1.82) is 0 Å². The van der Waals surface area contributed by atoms with Crippen molar-refractivity contribution in [3.63, 3.8) is 0 Å². The summed E-state index contributed by atoms with van der Waals surface area (Å²) in [5.74, 6) is 0.445. The van der Waals surface area contributed by atoms with Gasteiger partial charge in [0.05, 0.1) is 11.3 Å². The highest BCUT2D eigenvalue weighted by Gasteiger charge is 2.27. The lowest BCUT2D eigenvalue weighted by molar-refractivity contribution is 0.0663. The van der Waals surface area contributed by atoms with Crippen LogP contribution in [0.2, 0.25) is 0 Å². The number of pyridine rings is 1. The molecule has 1 aromatic heterocycles. The second-order valence-corrected chi connectivity index (χ2v) is 5.27. The lowest BCUT2D eigenvalue weighted by Crippen LogP contribution is -2.48. The maximum absolute atomic E-state index is 12.4. The Labute approximate surface area is 132 Å². The largest absolute Gasteiger partial charge is 0.338 e. The minimum Gasteiger partial charge on any atom is -0.338 e. The Hall–Kier alpha value is -0.840. The first kappa shape index (κ1) is 19.2. The summed E-state index contributed by atoms with van der Waals surface area (Å²) in [5.41, 5.74) is 8.44. The monoisotopic (exact) mass is 319 g/mol. The van der Waals surface area contributed by atoms with Crippen molar-refractivity contribution in [2.45, 2.75) is 33.2 Å². The fourth-order valence-corrected chi connectivity index (χ4v) is 2.43. The molecule has 2 unspecified atom stereocenters. The van der Waals surface area contributed by atoms with Crippen LogP contribution in [0.15, 0.2) is 12.1 Å². The first-order chi connectivity index (χ1) is 8.49. The normalized spacial score (nSPS) is 21.7. The summed E-state index contributed by atoms with van der Waals surface area (Å²) in [6, 6.07) is 3.98. The van der Waals surface area contributed by atoms with Crippen LogP contribution in [0.1, 0.15) is 35.1 Å². The topological polar surface area (TPSA) is 59.2 Å². The van der Waals surface area contributed by atoms with E-state index in [0.29, 0.717) is 11.5 Å². The molecule has 0 aliphatic carbocycles. The Balaban J connectivity index is 0.00000180. The van der Waals surface area contributed by atoms with E-state index in [0.717, 1.165) is 30.9 Å². The molecule has 1 fully saturated rings. The van der Waals surface area contributed by atoms with E-state index in [1.165, 1.54) is 0 Å². The highest BCUT2D eigenvalue weighted by molar-refractivity contribution is 5.95. The summed E-state index contributed by atoms with van der Waals surface area (Å²) in [6.07, 6.45) is 0.880. The van der Waals surface area contributed by atoms with E-state index in [9.17, 15) is 4.79 Å². The third-order valence-corrected chi connectivity index (χ3v) is 3.71. The van der Waals surface area contributed by atoms with Crippen LogP contribution < -0.4 is 5.73 Å². The van der Waals surface area contributed by atoms with Gasteiger partial charge < -0.3 is 10.6 Å². The van der Waals surface area contributed by atoms with E-state index < -0.39 is 0 Å². The van der Waals surface area contributed by atoms with Crippen molar-refractivity contribution >= 4 is 30.7 Å². The van der Waals surface area contributed by atoms with Crippen molar-refractivity contribution in [1.82, 2.24) is 9.88 Å². The third-order valence-electron chi connectivity index (χ3n) is 3.71.